The van der Waals surface area contributed by atoms with Crippen LogP contribution in [0.4, 0.5) is 0 Å². The Balaban J connectivity index is 2.14. The molecular weight excluding hydrogens is 250 g/mol. The maximum Gasteiger partial charge on any atom is 0.178 e. The van der Waals surface area contributed by atoms with Crippen molar-refractivity contribution < 1.29 is 13.5 Å². The number of benzene rings is 1. The molecule has 4 nitrogen and oxygen atoms in total. The summed E-state index contributed by atoms with van der Waals surface area (Å²) in [7, 11) is -3.23. The smallest absolute Gasteiger partial charge is 0.178 e. The van der Waals surface area contributed by atoms with Gasteiger partial charge in [-0.2, -0.15) is 0 Å². The van der Waals surface area contributed by atoms with Crippen molar-refractivity contribution in [2.24, 2.45) is 0 Å². The van der Waals surface area contributed by atoms with E-state index in [1.54, 1.807) is 24.3 Å². The molecule has 1 saturated heterocycles. The zero-order valence-corrected chi connectivity index (χ0v) is 10.9. The van der Waals surface area contributed by atoms with E-state index in [0.717, 1.165) is 19.4 Å². The fourth-order valence-corrected chi connectivity index (χ4v) is 4.75. The first kappa shape index (κ1) is 12.1. The number of aliphatic hydroxyl groups is 1. The van der Waals surface area contributed by atoms with Crippen LogP contribution in [-0.2, 0) is 15.4 Å². The summed E-state index contributed by atoms with van der Waals surface area (Å²) in [6.07, 6.45) is 2.21. The molecule has 0 saturated carbocycles. The third-order valence-corrected chi connectivity index (χ3v) is 5.84. The van der Waals surface area contributed by atoms with E-state index in [4.69, 9.17) is 0 Å². The van der Waals surface area contributed by atoms with Crippen molar-refractivity contribution in [3.63, 3.8) is 0 Å². The lowest BCUT2D eigenvalue weighted by molar-refractivity contribution is -0.00513. The third kappa shape index (κ3) is 1.69. The van der Waals surface area contributed by atoms with E-state index in [2.05, 4.69) is 5.32 Å². The highest BCUT2D eigenvalue weighted by Crippen LogP contribution is 2.41. The van der Waals surface area contributed by atoms with Crippen LogP contribution in [0.2, 0.25) is 0 Å². The molecular formula is C13H17NO3S. The molecule has 0 radical (unpaired) electrons. The molecule has 0 aromatic heterocycles. The highest BCUT2D eigenvalue weighted by Gasteiger charge is 2.46. The predicted molar refractivity (Wildman–Crippen MR) is 68.0 cm³/mol. The monoisotopic (exact) mass is 267 g/mol. The minimum Gasteiger partial charge on any atom is -0.383 e. The molecule has 0 aliphatic carbocycles. The highest BCUT2D eigenvalue weighted by atomic mass is 32.2. The molecule has 2 unspecified atom stereocenters. The summed E-state index contributed by atoms with van der Waals surface area (Å²) in [5.41, 5.74) is -0.478. The summed E-state index contributed by atoms with van der Waals surface area (Å²) in [5, 5.41) is 14.2. The second-order valence-electron chi connectivity index (χ2n) is 5.14. The van der Waals surface area contributed by atoms with Gasteiger partial charge in [0, 0.05) is 11.6 Å². The Morgan fingerprint density at radius 3 is 2.83 bits per heavy atom. The van der Waals surface area contributed by atoms with Crippen LogP contribution in [-0.4, -0.2) is 31.9 Å². The molecule has 0 bridgehead atoms. The van der Waals surface area contributed by atoms with Gasteiger partial charge in [0.05, 0.1) is 10.6 Å². The molecule has 98 valence electrons. The fourth-order valence-electron chi connectivity index (χ4n) is 3.08. The molecule has 1 aromatic carbocycles. The molecule has 3 rings (SSSR count). The molecule has 0 spiro atoms. The summed E-state index contributed by atoms with van der Waals surface area (Å²) in [6.45, 7) is 0.891. The first-order valence-electron chi connectivity index (χ1n) is 6.32. The second kappa shape index (κ2) is 4.05. The number of hydrogen-bond donors (Lipinski definition) is 2. The van der Waals surface area contributed by atoms with Crippen LogP contribution in [0.25, 0.3) is 0 Å². The van der Waals surface area contributed by atoms with E-state index in [9.17, 15) is 13.5 Å². The molecule has 18 heavy (non-hydrogen) atoms. The molecule has 1 fully saturated rings. The number of hydrogen-bond acceptors (Lipinski definition) is 4. The Hall–Kier alpha value is -0.910. The van der Waals surface area contributed by atoms with Gasteiger partial charge >= 0.3 is 0 Å². The van der Waals surface area contributed by atoms with Crippen LogP contribution in [0.3, 0.4) is 0 Å². The van der Waals surface area contributed by atoms with Crippen molar-refractivity contribution in [1.82, 2.24) is 5.32 Å². The zero-order valence-electron chi connectivity index (χ0n) is 10.1. The molecule has 1 aromatic rings. The van der Waals surface area contributed by atoms with Gasteiger partial charge in [0.1, 0.15) is 5.60 Å². The summed E-state index contributed by atoms with van der Waals surface area (Å²) in [4.78, 5) is 0.299. The van der Waals surface area contributed by atoms with Gasteiger partial charge < -0.3 is 10.4 Å². The molecule has 2 aliphatic rings. The average molecular weight is 267 g/mol. The molecule has 2 aliphatic heterocycles. The molecule has 2 atom stereocenters. The number of nitrogens with one attached hydrogen (secondary N) is 1. The van der Waals surface area contributed by atoms with Gasteiger partial charge in [-0.25, -0.2) is 8.42 Å². The molecule has 2 heterocycles. The maximum atomic E-state index is 12.0. The summed E-state index contributed by atoms with van der Waals surface area (Å²) in [6, 6.07) is 6.81. The van der Waals surface area contributed by atoms with Crippen molar-refractivity contribution in [3.8, 4) is 0 Å². The Labute approximate surface area is 107 Å². The van der Waals surface area contributed by atoms with E-state index in [1.165, 1.54) is 0 Å². The van der Waals surface area contributed by atoms with Crippen LogP contribution in [0, 0.1) is 0 Å². The van der Waals surface area contributed by atoms with E-state index in [1.807, 2.05) is 0 Å². The minimum absolute atomic E-state index is 0.0265. The summed E-state index contributed by atoms with van der Waals surface area (Å²) >= 11 is 0. The lowest BCUT2D eigenvalue weighted by Crippen LogP contribution is -2.49. The fraction of sp³-hybridized carbons (Fsp3) is 0.538. The minimum atomic E-state index is -3.23. The van der Waals surface area contributed by atoms with Gasteiger partial charge in [0.25, 0.3) is 0 Å². The number of sulfone groups is 1. The molecule has 2 N–H and O–H groups in total. The standard InChI is InChI=1S/C13H17NO3S/c15-13(12-6-3-8-14-12)7-9-18(16,17)11-5-2-1-4-10(11)13/h1-2,4-5,12,14-15H,3,6-9H2. The van der Waals surface area contributed by atoms with E-state index in [0.29, 0.717) is 10.5 Å². The van der Waals surface area contributed by atoms with E-state index >= 15 is 0 Å². The van der Waals surface area contributed by atoms with E-state index < -0.39 is 15.4 Å². The van der Waals surface area contributed by atoms with Crippen LogP contribution in [0.1, 0.15) is 24.8 Å². The first-order chi connectivity index (χ1) is 8.54. The van der Waals surface area contributed by atoms with Gasteiger partial charge in [0.15, 0.2) is 9.84 Å². The quantitative estimate of drug-likeness (QED) is 0.790. The number of rotatable bonds is 1. The SMILES string of the molecule is O=S1(=O)CCC(O)(C2CCCN2)c2ccccc21. The molecule has 5 heteroatoms. The largest absolute Gasteiger partial charge is 0.383 e. The van der Waals surface area contributed by atoms with E-state index in [-0.39, 0.29) is 18.2 Å². The zero-order chi connectivity index (χ0) is 12.8. The number of fused-ring (bicyclic) bond motifs is 1. The van der Waals surface area contributed by atoms with Crippen LogP contribution in [0.5, 0.6) is 0 Å². The van der Waals surface area contributed by atoms with Crippen LogP contribution in [0.15, 0.2) is 29.2 Å². The van der Waals surface area contributed by atoms with Crippen molar-refractivity contribution in [3.05, 3.63) is 29.8 Å². The van der Waals surface area contributed by atoms with Gasteiger partial charge in [0.2, 0.25) is 0 Å². The highest BCUT2D eigenvalue weighted by molar-refractivity contribution is 7.91. The second-order valence-corrected chi connectivity index (χ2v) is 7.22. The van der Waals surface area contributed by atoms with Crippen LogP contribution < -0.4 is 5.32 Å². The lowest BCUT2D eigenvalue weighted by Gasteiger charge is -2.38. The summed E-state index contributed by atoms with van der Waals surface area (Å²) < 4.78 is 24.1. The van der Waals surface area contributed by atoms with Crippen LogP contribution >= 0.6 is 0 Å². The predicted octanol–water partition coefficient (Wildman–Crippen LogP) is 0.804. The first-order valence-corrected chi connectivity index (χ1v) is 7.97. The van der Waals surface area contributed by atoms with Crippen molar-refractivity contribution in [1.29, 1.82) is 0 Å². The third-order valence-electron chi connectivity index (χ3n) is 4.08. The van der Waals surface area contributed by atoms with Gasteiger partial charge in [-0.15, -0.1) is 0 Å². The van der Waals surface area contributed by atoms with Gasteiger partial charge in [-0.3, -0.25) is 0 Å². The Kier molecular flexibility index (Phi) is 2.73. The topological polar surface area (TPSA) is 66.4 Å². The average Bonchev–Trinajstić information content (AvgIpc) is 2.89. The van der Waals surface area contributed by atoms with Gasteiger partial charge in [-0.05, 0) is 31.9 Å². The van der Waals surface area contributed by atoms with Crippen molar-refractivity contribution >= 4 is 9.84 Å². The molecule has 0 amide bonds. The summed E-state index contributed by atoms with van der Waals surface area (Å²) in [5.74, 6) is 0.0265. The maximum absolute atomic E-state index is 12.0. The van der Waals surface area contributed by atoms with Crippen molar-refractivity contribution in [2.75, 3.05) is 12.3 Å². The van der Waals surface area contributed by atoms with Crippen molar-refractivity contribution in [2.45, 2.75) is 35.8 Å². The Morgan fingerprint density at radius 1 is 1.33 bits per heavy atom. The lowest BCUT2D eigenvalue weighted by atomic mass is 9.83. The normalized spacial score (nSPS) is 34.2. The Bertz CT molecular complexity index is 563. The van der Waals surface area contributed by atoms with Gasteiger partial charge in [-0.1, -0.05) is 18.2 Å². The Morgan fingerprint density at radius 2 is 2.11 bits per heavy atom.